The van der Waals surface area contributed by atoms with Crippen molar-refractivity contribution in [3.63, 3.8) is 0 Å². The standard InChI is InChI=1S/C17H27BrN2O/c1-6-15(13-7-9-14(18)10-8-13)19-16(11-12(2)3)17(21)20(4)5/h7-10,12,15-16,19H,6,11H2,1-5H3. The summed E-state index contributed by atoms with van der Waals surface area (Å²) in [4.78, 5) is 14.0. The first-order chi connectivity index (χ1) is 9.85. The van der Waals surface area contributed by atoms with Crippen molar-refractivity contribution in [1.29, 1.82) is 0 Å². The normalized spacial score (nSPS) is 14.0. The maximum Gasteiger partial charge on any atom is 0.239 e. The summed E-state index contributed by atoms with van der Waals surface area (Å²) in [6, 6.07) is 8.38. The van der Waals surface area contributed by atoms with E-state index in [1.165, 1.54) is 5.56 Å². The van der Waals surface area contributed by atoms with Crippen molar-refractivity contribution in [3.8, 4) is 0 Å². The smallest absolute Gasteiger partial charge is 0.239 e. The van der Waals surface area contributed by atoms with Gasteiger partial charge in [0, 0.05) is 24.6 Å². The summed E-state index contributed by atoms with van der Waals surface area (Å²) in [6.45, 7) is 6.45. The van der Waals surface area contributed by atoms with Crippen LogP contribution in [0.3, 0.4) is 0 Å². The van der Waals surface area contributed by atoms with Crippen molar-refractivity contribution in [2.45, 2.75) is 45.7 Å². The number of halogens is 1. The Morgan fingerprint density at radius 3 is 2.24 bits per heavy atom. The third kappa shape index (κ3) is 5.79. The lowest BCUT2D eigenvalue weighted by Gasteiger charge is -2.28. The largest absolute Gasteiger partial charge is 0.347 e. The Morgan fingerprint density at radius 2 is 1.81 bits per heavy atom. The molecular formula is C17H27BrN2O. The molecule has 0 spiro atoms. The van der Waals surface area contributed by atoms with E-state index in [-0.39, 0.29) is 18.0 Å². The van der Waals surface area contributed by atoms with E-state index in [1.54, 1.807) is 4.90 Å². The van der Waals surface area contributed by atoms with Crippen LogP contribution in [0.4, 0.5) is 0 Å². The molecule has 1 amide bonds. The second-order valence-electron chi connectivity index (χ2n) is 6.09. The van der Waals surface area contributed by atoms with Crippen LogP contribution >= 0.6 is 15.9 Å². The minimum atomic E-state index is -0.131. The third-order valence-corrected chi connectivity index (χ3v) is 4.06. The first kappa shape index (κ1) is 18.2. The highest BCUT2D eigenvalue weighted by Crippen LogP contribution is 2.21. The molecule has 1 N–H and O–H groups in total. The van der Waals surface area contributed by atoms with Gasteiger partial charge in [0.1, 0.15) is 0 Å². The molecule has 1 aromatic rings. The summed E-state index contributed by atoms with van der Waals surface area (Å²) in [7, 11) is 3.63. The van der Waals surface area contributed by atoms with Crippen molar-refractivity contribution < 1.29 is 4.79 Å². The molecule has 0 fully saturated rings. The van der Waals surface area contributed by atoms with Crippen LogP contribution in [0, 0.1) is 5.92 Å². The molecule has 1 rings (SSSR count). The molecule has 0 aliphatic rings. The van der Waals surface area contributed by atoms with Gasteiger partial charge in [-0.2, -0.15) is 0 Å². The van der Waals surface area contributed by atoms with Gasteiger partial charge in [0.25, 0.3) is 0 Å². The third-order valence-electron chi connectivity index (χ3n) is 3.53. The molecule has 2 unspecified atom stereocenters. The van der Waals surface area contributed by atoms with Gasteiger partial charge in [-0.05, 0) is 36.5 Å². The number of rotatable bonds is 7. The monoisotopic (exact) mass is 354 g/mol. The summed E-state index contributed by atoms with van der Waals surface area (Å²) >= 11 is 3.46. The van der Waals surface area contributed by atoms with Gasteiger partial charge in [0.15, 0.2) is 0 Å². The number of nitrogens with one attached hydrogen (secondary N) is 1. The Labute approximate surface area is 137 Å². The summed E-state index contributed by atoms with van der Waals surface area (Å²) in [5.41, 5.74) is 1.22. The number of hydrogen-bond donors (Lipinski definition) is 1. The molecule has 2 atom stereocenters. The zero-order valence-corrected chi connectivity index (χ0v) is 15.3. The molecule has 0 aromatic heterocycles. The fourth-order valence-electron chi connectivity index (χ4n) is 2.41. The van der Waals surface area contributed by atoms with Crippen LogP contribution in [0.5, 0.6) is 0 Å². The number of amides is 1. The number of likely N-dealkylation sites (N-methyl/N-ethyl adjacent to an activating group) is 1. The van der Waals surface area contributed by atoms with Gasteiger partial charge in [-0.1, -0.05) is 48.8 Å². The molecule has 3 nitrogen and oxygen atoms in total. The molecule has 0 bridgehead atoms. The lowest BCUT2D eigenvalue weighted by Crippen LogP contribution is -2.45. The van der Waals surface area contributed by atoms with Crippen LogP contribution in [0.1, 0.15) is 45.2 Å². The molecule has 4 heteroatoms. The topological polar surface area (TPSA) is 32.3 Å². The summed E-state index contributed by atoms with van der Waals surface area (Å²) in [5.74, 6) is 0.632. The minimum Gasteiger partial charge on any atom is -0.347 e. The van der Waals surface area contributed by atoms with Gasteiger partial charge in [-0.3, -0.25) is 10.1 Å². The van der Waals surface area contributed by atoms with Crippen LogP contribution in [0.25, 0.3) is 0 Å². The van der Waals surface area contributed by atoms with Gasteiger partial charge in [-0.25, -0.2) is 0 Å². The summed E-state index contributed by atoms with van der Waals surface area (Å²) in [6.07, 6.45) is 1.81. The molecule has 0 saturated heterocycles. The van der Waals surface area contributed by atoms with Crippen LogP contribution < -0.4 is 5.32 Å². The second-order valence-corrected chi connectivity index (χ2v) is 7.01. The highest BCUT2D eigenvalue weighted by atomic mass is 79.9. The Hall–Kier alpha value is -0.870. The fraction of sp³-hybridized carbons (Fsp3) is 0.588. The maximum absolute atomic E-state index is 12.4. The van der Waals surface area contributed by atoms with E-state index in [9.17, 15) is 4.79 Å². The average Bonchev–Trinajstić information content (AvgIpc) is 2.43. The average molecular weight is 355 g/mol. The Kier molecular flexibility index (Phi) is 7.40. The molecule has 118 valence electrons. The quantitative estimate of drug-likeness (QED) is 0.802. The SMILES string of the molecule is CCC(NC(CC(C)C)C(=O)N(C)C)c1ccc(Br)cc1. The highest BCUT2D eigenvalue weighted by Gasteiger charge is 2.24. The molecule has 0 aliphatic carbocycles. The number of hydrogen-bond acceptors (Lipinski definition) is 2. The van der Waals surface area contributed by atoms with E-state index in [1.807, 2.05) is 26.2 Å². The van der Waals surface area contributed by atoms with E-state index < -0.39 is 0 Å². The number of benzene rings is 1. The first-order valence-electron chi connectivity index (χ1n) is 7.57. The predicted molar refractivity (Wildman–Crippen MR) is 92.2 cm³/mol. The van der Waals surface area contributed by atoms with Gasteiger partial charge in [-0.15, -0.1) is 0 Å². The second kappa shape index (κ2) is 8.54. The lowest BCUT2D eigenvalue weighted by atomic mass is 9.98. The molecule has 1 aromatic carbocycles. The van der Waals surface area contributed by atoms with E-state index >= 15 is 0 Å². The van der Waals surface area contributed by atoms with Gasteiger partial charge < -0.3 is 4.90 Å². The van der Waals surface area contributed by atoms with Crippen molar-refractivity contribution in [2.24, 2.45) is 5.92 Å². The van der Waals surface area contributed by atoms with E-state index in [4.69, 9.17) is 0 Å². The van der Waals surface area contributed by atoms with Gasteiger partial charge in [0.2, 0.25) is 5.91 Å². The van der Waals surface area contributed by atoms with Crippen molar-refractivity contribution in [2.75, 3.05) is 14.1 Å². The lowest BCUT2D eigenvalue weighted by molar-refractivity contribution is -0.131. The van der Waals surface area contributed by atoms with Crippen molar-refractivity contribution in [1.82, 2.24) is 10.2 Å². The Morgan fingerprint density at radius 1 is 1.24 bits per heavy atom. The van der Waals surface area contributed by atoms with Gasteiger partial charge >= 0.3 is 0 Å². The number of carbonyl (C=O) groups excluding carboxylic acids is 1. The van der Waals surface area contributed by atoms with E-state index in [2.05, 4.69) is 54.2 Å². The van der Waals surface area contributed by atoms with Crippen LogP contribution in [-0.4, -0.2) is 30.9 Å². The van der Waals surface area contributed by atoms with Crippen LogP contribution in [0.2, 0.25) is 0 Å². The predicted octanol–water partition coefficient (Wildman–Crippen LogP) is 3.99. The molecule has 0 heterocycles. The van der Waals surface area contributed by atoms with Crippen molar-refractivity contribution >= 4 is 21.8 Å². The Bertz CT molecular complexity index is 443. The molecular weight excluding hydrogens is 328 g/mol. The summed E-state index contributed by atoms with van der Waals surface area (Å²) in [5, 5.41) is 3.55. The van der Waals surface area contributed by atoms with Gasteiger partial charge in [0.05, 0.1) is 6.04 Å². The molecule has 0 aliphatic heterocycles. The fourth-order valence-corrected chi connectivity index (χ4v) is 2.68. The zero-order valence-electron chi connectivity index (χ0n) is 13.7. The maximum atomic E-state index is 12.4. The van der Waals surface area contributed by atoms with Crippen molar-refractivity contribution in [3.05, 3.63) is 34.3 Å². The first-order valence-corrected chi connectivity index (χ1v) is 8.37. The number of carbonyl (C=O) groups is 1. The highest BCUT2D eigenvalue weighted by molar-refractivity contribution is 9.10. The molecule has 21 heavy (non-hydrogen) atoms. The van der Waals surface area contributed by atoms with Crippen LogP contribution in [0.15, 0.2) is 28.7 Å². The molecule has 0 radical (unpaired) electrons. The van der Waals surface area contributed by atoms with E-state index in [0.717, 1.165) is 17.3 Å². The van der Waals surface area contributed by atoms with E-state index in [0.29, 0.717) is 5.92 Å². The molecule has 0 saturated carbocycles. The number of nitrogens with zero attached hydrogens (tertiary/aromatic N) is 1. The Balaban J connectivity index is 2.87. The zero-order chi connectivity index (χ0) is 16.0. The van der Waals surface area contributed by atoms with Crippen LogP contribution in [-0.2, 0) is 4.79 Å². The minimum absolute atomic E-state index is 0.131. The summed E-state index contributed by atoms with van der Waals surface area (Å²) < 4.78 is 1.07.